The molecule has 0 atom stereocenters. The molecule has 22 heavy (non-hydrogen) atoms. The second kappa shape index (κ2) is 8.51. The lowest BCUT2D eigenvalue weighted by molar-refractivity contribution is 0.0787. The van der Waals surface area contributed by atoms with E-state index in [4.69, 9.17) is 4.74 Å². The van der Waals surface area contributed by atoms with Crippen LogP contribution in [0.5, 0.6) is 0 Å². The summed E-state index contributed by atoms with van der Waals surface area (Å²) >= 11 is 1.50. The average molecular weight is 315 g/mol. The van der Waals surface area contributed by atoms with Crippen molar-refractivity contribution in [2.24, 2.45) is 0 Å². The first-order chi connectivity index (χ1) is 10.7. The third-order valence-corrected chi connectivity index (χ3v) is 4.31. The van der Waals surface area contributed by atoms with Crippen molar-refractivity contribution in [3.63, 3.8) is 0 Å². The van der Waals surface area contributed by atoms with Crippen molar-refractivity contribution in [3.05, 3.63) is 63.9 Å². The molecule has 0 aliphatic heterocycles. The Labute approximate surface area is 135 Å². The van der Waals surface area contributed by atoms with Gasteiger partial charge >= 0.3 is 0 Å². The van der Waals surface area contributed by atoms with Gasteiger partial charge in [0.15, 0.2) is 0 Å². The number of rotatable bonds is 7. The van der Waals surface area contributed by atoms with Crippen LogP contribution in [-0.2, 0) is 11.3 Å². The zero-order valence-corrected chi connectivity index (χ0v) is 13.8. The monoisotopic (exact) mass is 315 g/mol. The van der Waals surface area contributed by atoms with E-state index in [2.05, 4.69) is 0 Å². The second-order valence-electron chi connectivity index (χ2n) is 4.86. The minimum atomic E-state index is 0.0764. The maximum Gasteiger partial charge on any atom is 0.264 e. The SMILES string of the molecule is CCN(C/C=C/c1ccccc1)C(=O)c1ccc(COC)s1. The van der Waals surface area contributed by atoms with Gasteiger partial charge in [0.2, 0.25) is 0 Å². The van der Waals surface area contributed by atoms with Crippen LogP contribution in [0.1, 0.15) is 27.0 Å². The number of hydrogen-bond donors (Lipinski definition) is 0. The van der Waals surface area contributed by atoms with E-state index in [-0.39, 0.29) is 5.91 Å². The van der Waals surface area contributed by atoms with Crippen LogP contribution in [0.4, 0.5) is 0 Å². The Bertz CT molecular complexity index is 619. The Kier molecular flexibility index (Phi) is 6.37. The molecular formula is C18H21NO2S. The molecule has 0 unspecified atom stereocenters. The summed E-state index contributed by atoms with van der Waals surface area (Å²) in [5.74, 6) is 0.0764. The van der Waals surface area contributed by atoms with Gasteiger partial charge in [-0.25, -0.2) is 0 Å². The number of amides is 1. The number of ether oxygens (including phenoxy) is 1. The van der Waals surface area contributed by atoms with Crippen molar-refractivity contribution < 1.29 is 9.53 Å². The van der Waals surface area contributed by atoms with E-state index in [9.17, 15) is 4.79 Å². The number of carbonyl (C=O) groups excluding carboxylic acids is 1. The molecule has 0 fully saturated rings. The van der Waals surface area contributed by atoms with Gasteiger partial charge in [-0.1, -0.05) is 42.5 Å². The number of carbonyl (C=O) groups is 1. The lowest BCUT2D eigenvalue weighted by Gasteiger charge is -2.18. The molecule has 1 heterocycles. The quantitative estimate of drug-likeness (QED) is 0.771. The summed E-state index contributed by atoms with van der Waals surface area (Å²) in [5, 5.41) is 0. The highest BCUT2D eigenvalue weighted by Gasteiger charge is 2.15. The van der Waals surface area contributed by atoms with E-state index < -0.39 is 0 Å². The molecule has 2 rings (SSSR count). The van der Waals surface area contributed by atoms with Gasteiger partial charge < -0.3 is 9.64 Å². The highest BCUT2D eigenvalue weighted by Crippen LogP contribution is 2.19. The van der Waals surface area contributed by atoms with Crippen molar-refractivity contribution in [2.45, 2.75) is 13.5 Å². The van der Waals surface area contributed by atoms with Crippen LogP contribution in [0.15, 0.2) is 48.5 Å². The standard InChI is InChI=1S/C18H21NO2S/c1-3-19(13-7-10-15-8-5-4-6-9-15)18(20)17-12-11-16(22-17)14-21-2/h4-12H,3,13-14H2,1-2H3/b10-7+. The van der Waals surface area contributed by atoms with Crippen LogP contribution in [0.3, 0.4) is 0 Å². The summed E-state index contributed by atoms with van der Waals surface area (Å²) < 4.78 is 5.10. The van der Waals surface area contributed by atoms with Gasteiger partial charge in [0, 0.05) is 25.1 Å². The first-order valence-corrected chi connectivity index (χ1v) is 8.14. The largest absolute Gasteiger partial charge is 0.379 e. The molecule has 0 aliphatic carbocycles. The van der Waals surface area contributed by atoms with Gasteiger partial charge in [0.25, 0.3) is 5.91 Å². The van der Waals surface area contributed by atoms with Gasteiger partial charge in [-0.3, -0.25) is 4.79 Å². The number of benzene rings is 1. The van der Waals surface area contributed by atoms with E-state index in [0.717, 1.165) is 15.3 Å². The number of methoxy groups -OCH3 is 1. The van der Waals surface area contributed by atoms with Crippen molar-refractivity contribution >= 4 is 23.3 Å². The van der Waals surface area contributed by atoms with Crippen LogP contribution in [0.25, 0.3) is 6.08 Å². The van der Waals surface area contributed by atoms with Gasteiger partial charge in [-0.05, 0) is 24.6 Å². The number of likely N-dealkylation sites (N-methyl/N-ethyl adjacent to an activating group) is 1. The smallest absolute Gasteiger partial charge is 0.264 e. The lowest BCUT2D eigenvalue weighted by Crippen LogP contribution is -2.30. The summed E-state index contributed by atoms with van der Waals surface area (Å²) in [6.45, 7) is 3.85. The maximum absolute atomic E-state index is 12.5. The van der Waals surface area contributed by atoms with Gasteiger partial charge in [0.05, 0.1) is 11.5 Å². The fourth-order valence-electron chi connectivity index (χ4n) is 2.10. The molecule has 1 aromatic heterocycles. The van der Waals surface area contributed by atoms with E-state index in [0.29, 0.717) is 19.7 Å². The minimum Gasteiger partial charge on any atom is -0.379 e. The van der Waals surface area contributed by atoms with Crippen LogP contribution < -0.4 is 0 Å². The Balaban J connectivity index is 1.98. The molecule has 3 nitrogen and oxygen atoms in total. The van der Waals surface area contributed by atoms with E-state index in [1.54, 1.807) is 7.11 Å². The molecule has 4 heteroatoms. The molecule has 1 aromatic carbocycles. The zero-order valence-electron chi connectivity index (χ0n) is 13.0. The predicted octanol–water partition coefficient (Wildman–Crippen LogP) is 4.07. The Morgan fingerprint density at radius 2 is 2.00 bits per heavy atom. The van der Waals surface area contributed by atoms with Crippen molar-refractivity contribution in [3.8, 4) is 0 Å². The highest BCUT2D eigenvalue weighted by molar-refractivity contribution is 7.14. The molecule has 0 aliphatic rings. The van der Waals surface area contributed by atoms with Crippen LogP contribution >= 0.6 is 11.3 Å². The molecule has 2 aromatic rings. The van der Waals surface area contributed by atoms with Gasteiger partial charge in [0.1, 0.15) is 0 Å². The summed E-state index contributed by atoms with van der Waals surface area (Å²) in [4.78, 5) is 16.2. The third-order valence-electron chi connectivity index (χ3n) is 3.26. The molecule has 0 spiro atoms. The van der Waals surface area contributed by atoms with Crippen molar-refractivity contribution in [1.29, 1.82) is 0 Å². The van der Waals surface area contributed by atoms with E-state index in [1.165, 1.54) is 11.3 Å². The topological polar surface area (TPSA) is 29.5 Å². The molecule has 0 saturated carbocycles. The zero-order chi connectivity index (χ0) is 15.8. The average Bonchev–Trinajstić information content (AvgIpc) is 3.01. The summed E-state index contributed by atoms with van der Waals surface area (Å²) in [7, 11) is 1.66. The summed E-state index contributed by atoms with van der Waals surface area (Å²) in [5.41, 5.74) is 1.14. The van der Waals surface area contributed by atoms with Crippen molar-refractivity contribution in [2.75, 3.05) is 20.2 Å². The molecular weight excluding hydrogens is 294 g/mol. The Morgan fingerprint density at radius 1 is 1.23 bits per heavy atom. The minimum absolute atomic E-state index is 0.0764. The van der Waals surface area contributed by atoms with Gasteiger partial charge in [-0.2, -0.15) is 0 Å². The highest BCUT2D eigenvalue weighted by atomic mass is 32.1. The molecule has 0 bridgehead atoms. The molecule has 0 N–H and O–H groups in total. The maximum atomic E-state index is 12.5. The second-order valence-corrected chi connectivity index (χ2v) is 6.02. The van der Waals surface area contributed by atoms with E-state index >= 15 is 0 Å². The normalized spacial score (nSPS) is 11.0. The van der Waals surface area contributed by atoms with Crippen LogP contribution in [0.2, 0.25) is 0 Å². The third kappa shape index (κ3) is 4.55. The van der Waals surface area contributed by atoms with Crippen LogP contribution in [0, 0.1) is 0 Å². The Morgan fingerprint density at radius 3 is 2.68 bits per heavy atom. The molecule has 116 valence electrons. The summed E-state index contributed by atoms with van der Waals surface area (Å²) in [6.07, 6.45) is 4.07. The first kappa shape index (κ1) is 16.5. The van der Waals surface area contributed by atoms with Crippen LogP contribution in [-0.4, -0.2) is 31.0 Å². The fourth-order valence-corrected chi connectivity index (χ4v) is 3.05. The van der Waals surface area contributed by atoms with Crippen molar-refractivity contribution in [1.82, 2.24) is 4.90 Å². The lowest BCUT2D eigenvalue weighted by atomic mass is 10.2. The first-order valence-electron chi connectivity index (χ1n) is 7.33. The molecule has 0 saturated heterocycles. The summed E-state index contributed by atoms with van der Waals surface area (Å²) in [6, 6.07) is 13.9. The molecule has 1 amide bonds. The molecule has 0 radical (unpaired) electrons. The predicted molar refractivity (Wildman–Crippen MR) is 92.1 cm³/mol. The number of nitrogens with zero attached hydrogens (tertiary/aromatic N) is 1. The number of thiophene rings is 1. The fraction of sp³-hybridized carbons (Fsp3) is 0.278. The van der Waals surface area contributed by atoms with Gasteiger partial charge in [-0.15, -0.1) is 11.3 Å². The Hall–Kier alpha value is -1.91. The van der Waals surface area contributed by atoms with E-state index in [1.807, 2.05) is 66.4 Å². The number of hydrogen-bond acceptors (Lipinski definition) is 3.